The number of alkyl halides is 3. The Morgan fingerprint density at radius 2 is 1.67 bits per heavy atom. The number of nitrogens with zero attached hydrogens (tertiary/aromatic N) is 3. The summed E-state index contributed by atoms with van der Waals surface area (Å²) in [6.07, 6.45) is 3.07. The number of aliphatic carboxylic acids is 1. The molecule has 3 heterocycles. The molecule has 1 spiro atoms. The van der Waals surface area contributed by atoms with E-state index in [4.69, 9.17) is 9.90 Å². The van der Waals surface area contributed by atoms with Crippen molar-refractivity contribution in [1.82, 2.24) is 14.4 Å². The van der Waals surface area contributed by atoms with Gasteiger partial charge in [-0.3, -0.25) is 4.79 Å². The molecule has 0 atom stereocenters. The third-order valence-electron chi connectivity index (χ3n) is 5.58. The Balaban J connectivity index is 0.000000321. The van der Waals surface area contributed by atoms with Crippen LogP contribution in [0.15, 0.2) is 18.3 Å². The van der Waals surface area contributed by atoms with Gasteiger partial charge in [-0.15, -0.1) is 0 Å². The molecule has 2 aliphatic heterocycles. The molecule has 0 aromatic carbocycles. The molecule has 3 rings (SSSR count). The van der Waals surface area contributed by atoms with E-state index in [1.807, 2.05) is 34.8 Å². The minimum Gasteiger partial charge on any atom is -0.475 e. The Morgan fingerprint density at radius 3 is 2.11 bits per heavy atom. The second-order valence-corrected chi connectivity index (χ2v) is 7.20. The molecular formula is C18H26F3N3O3. The number of aromatic nitrogens is 1. The Morgan fingerprint density at radius 1 is 1.07 bits per heavy atom. The largest absolute Gasteiger partial charge is 0.490 e. The standard InChI is InChI=1S/C16H25N3O.C2HF3O2/c1-17-10-5-6-14(17)15(20)19-12-8-16(9-13-19)7-3-4-11-18(16)2;3-2(4,5)1(6)7/h5-6,10H,3-4,7-9,11-13H2,1-2H3;(H,6,7). The van der Waals surface area contributed by atoms with Gasteiger partial charge < -0.3 is 19.5 Å². The Labute approximate surface area is 156 Å². The van der Waals surface area contributed by atoms with Crippen LogP contribution in [0.5, 0.6) is 0 Å². The maximum absolute atomic E-state index is 12.5. The van der Waals surface area contributed by atoms with Gasteiger partial charge in [-0.05, 0) is 51.4 Å². The molecule has 0 bridgehead atoms. The van der Waals surface area contributed by atoms with Crippen molar-refractivity contribution >= 4 is 11.9 Å². The second-order valence-electron chi connectivity index (χ2n) is 7.20. The zero-order valence-corrected chi connectivity index (χ0v) is 15.6. The summed E-state index contributed by atoms with van der Waals surface area (Å²) in [5.41, 5.74) is 1.17. The van der Waals surface area contributed by atoms with Gasteiger partial charge in [-0.25, -0.2) is 4.79 Å². The summed E-state index contributed by atoms with van der Waals surface area (Å²) in [7, 11) is 4.20. The minimum absolute atomic E-state index is 0.186. The van der Waals surface area contributed by atoms with Crippen LogP contribution >= 0.6 is 0 Å². The first kappa shape index (κ1) is 21.3. The molecule has 1 aromatic heterocycles. The van der Waals surface area contributed by atoms with Crippen molar-refractivity contribution in [2.75, 3.05) is 26.7 Å². The van der Waals surface area contributed by atoms with Crippen LogP contribution in [0.3, 0.4) is 0 Å². The zero-order valence-electron chi connectivity index (χ0n) is 15.6. The lowest BCUT2D eigenvalue weighted by Crippen LogP contribution is -2.56. The molecule has 0 saturated carbocycles. The van der Waals surface area contributed by atoms with Crippen LogP contribution in [0.1, 0.15) is 42.6 Å². The molecule has 152 valence electrons. The first-order valence-corrected chi connectivity index (χ1v) is 8.99. The van der Waals surface area contributed by atoms with E-state index in [1.165, 1.54) is 25.8 Å². The van der Waals surface area contributed by atoms with Crippen molar-refractivity contribution in [3.63, 3.8) is 0 Å². The SMILES string of the molecule is CN1CCCCC12CCN(C(=O)c1cccn1C)CC2.O=C(O)C(F)(F)F. The summed E-state index contributed by atoms with van der Waals surface area (Å²) in [5, 5.41) is 7.12. The summed E-state index contributed by atoms with van der Waals surface area (Å²) in [5.74, 6) is -2.57. The molecule has 27 heavy (non-hydrogen) atoms. The van der Waals surface area contributed by atoms with Crippen LogP contribution in [0.4, 0.5) is 13.2 Å². The van der Waals surface area contributed by atoms with E-state index in [0.717, 1.165) is 31.6 Å². The van der Waals surface area contributed by atoms with Crippen molar-refractivity contribution in [3.8, 4) is 0 Å². The number of amides is 1. The number of carbonyl (C=O) groups is 2. The van der Waals surface area contributed by atoms with Crippen LogP contribution in [0, 0.1) is 0 Å². The van der Waals surface area contributed by atoms with Crippen LogP contribution < -0.4 is 0 Å². The highest BCUT2D eigenvalue weighted by molar-refractivity contribution is 5.92. The van der Waals surface area contributed by atoms with Crippen molar-refractivity contribution < 1.29 is 27.9 Å². The summed E-state index contributed by atoms with van der Waals surface area (Å²) in [4.78, 5) is 26.0. The van der Waals surface area contributed by atoms with E-state index in [-0.39, 0.29) is 5.91 Å². The molecule has 1 aromatic rings. The summed E-state index contributed by atoms with van der Waals surface area (Å²) < 4.78 is 33.7. The first-order valence-electron chi connectivity index (χ1n) is 8.99. The first-order chi connectivity index (χ1) is 12.6. The number of likely N-dealkylation sites (tertiary alicyclic amines) is 2. The molecule has 9 heteroatoms. The van der Waals surface area contributed by atoms with Crippen molar-refractivity contribution in [1.29, 1.82) is 0 Å². The predicted molar refractivity (Wildman–Crippen MR) is 93.5 cm³/mol. The lowest BCUT2D eigenvalue weighted by Gasteiger charge is -2.50. The predicted octanol–water partition coefficient (Wildman–Crippen LogP) is 2.75. The topological polar surface area (TPSA) is 65.8 Å². The number of piperidine rings is 2. The number of carbonyl (C=O) groups excluding carboxylic acids is 1. The Hall–Kier alpha value is -2.03. The molecule has 2 fully saturated rings. The monoisotopic (exact) mass is 389 g/mol. The molecule has 0 radical (unpaired) electrons. The number of aryl methyl sites for hydroxylation is 1. The minimum atomic E-state index is -5.08. The molecule has 0 aliphatic carbocycles. The van der Waals surface area contributed by atoms with Crippen molar-refractivity contribution in [2.45, 2.75) is 43.8 Å². The van der Waals surface area contributed by atoms with Gasteiger partial charge in [0.1, 0.15) is 5.69 Å². The molecule has 6 nitrogen and oxygen atoms in total. The molecule has 2 aliphatic rings. The van der Waals surface area contributed by atoms with Crippen LogP contribution in [-0.4, -0.2) is 69.7 Å². The average molecular weight is 389 g/mol. The van der Waals surface area contributed by atoms with E-state index in [2.05, 4.69) is 11.9 Å². The average Bonchev–Trinajstić information content (AvgIpc) is 3.03. The summed E-state index contributed by atoms with van der Waals surface area (Å²) in [6, 6.07) is 3.85. The van der Waals surface area contributed by atoms with Crippen LogP contribution in [0.2, 0.25) is 0 Å². The van der Waals surface area contributed by atoms with E-state index in [1.54, 1.807) is 0 Å². The molecule has 1 amide bonds. The third kappa shape index (κ3) is 5.03. The highest BCUT2D eigenvalue weighted by Gasteiger charge is 2.40. The fourth-order valence-electron chi connectivity index (χ4n) is 3.83. The lowest BCUT2D eigenvalue weighted by atomic mass is 9.79. The van der Waals surface area contributed by atoms with Crippen LogP contribution in [-0.2, 0) is 11.8 Å². The molecule has 0 unspecified atom stereocenters. The van der Waals surface area contributed by atoms with Crippen molar-refractivity contribution in [2.24, 2.45) is 7.05 Å². The van der Waals surface area contributed by atoms with E-state index < -0.39 is 12.1 Å². The number of carboxylic acid groups (broad SMARTS) is 1. The summed E-state index contributed by atoms with van der Waals surface area (Å²) >= 11 is 0. The lowest BCUT2D eigenvalue weighted by molar-refractivity contribution is -0.192. The normalized spacial score (nSPS) is 20.1. The second kappa shape index (κ2) is 8.33. The molecule has 1 N–H and O–H groups in total. The maximum atomic E-state index is 12.5. The van der Waals surface area contributed by atoms with Gasteiger partial charge in [0, 0.05) is 31.9 Å². The molecular weight excluding hydrogens is 363 g/mol. The van der Waals surface area contributed by atoms with Gasteiger partial charge in [-0.2, -0.15) is 13.2 Å². The maximum Gasteiger partial charge on any atom is 0.490 e. The van der Waals surface area contributed by atoms with Gasteiger partial charge in [0.05, 0.1) is 0 Å². The van der Waals surface area contributed by atoms with Gasteiger partial charge in [0.25, 0.3) is 5.91 Å². The van der Waals surface area contributed by atoms with E-state index in [9.17, 15) is 18.0 Å². The highest BCUT2D eigenvalue weighted by Crippen LogP contribution is 2.36. The van der Waals surface area contributed by atoms with Crippen LogP contribution in [0.25, 0.3) is 0 Å². The van der Waals surface area contributed by atoms with E-state index in [0.29, 0.717) is 5.54 Å². The Kier molecular flexibility index (Phi) is 6.56. The fraction of sp³-hybridized carbons (Fsp3) is 0.667. The summed E-state index contributed by atoms with van der Waals surface area (Å²) in [6.45, 7) is 3.01. The fourth-order valence-corrected chi connectivity index (χ4v) is 3.83. The van der Waals surface area contributed by atoms with Gasteiger partial charge in [-0.1, -0.05) is 6.42 Å². The number of hydrogen-bond donors (Lipinski definition) is 1. The van der Waals surface area contributed by atoms with E-state index >= 15 is 0 Å². The van der Waals surface area contributed by atoms with Crippen molar-refractivity contribution in [3.05, 3.63) is 24.0 Å². The third-order valence-corrected chi connectivity index (χ3v) is 5.58. The molecule has 2 saturated heterocycles. The number of rotatable bonds is 1. The van der Waals surface area contributed by atoms with Gasteiger partial charge in [0.2, 0.25) is 0 Å². The highest BCUT2D eigenvalue weighted by atomic mass is 19.4. The number of carboxylic acids is 1. The number of halogens is 3. The van der Waals surface area contributed by atoms with Gasteiger partial charge in [0.15, 0.2) is 0 Å². The number of hydrogen-bond acceptors (Lipinski definition) is 3. The smallest absolute Gasteiger partial charge is 0.475 e. The van der Waals surface area contributed by atoms with Gasteiger partial charge >= 0.3 is 12.1 Å². The zero-order chi connectivity index (χ0) is 20.2. The quantitative estimate of drug-likeness (QED) is 0.802. The Bertz CT molecular complexity index is 664.